The summed E-state index contributed by atoms with van der Waals surface area (Å²) in [6.45, 7) is 1.85. The van der Waals surface area contributed by atoms with E-state index < -0.39 is 46.8 Å². The summed E-state index contributed by atoms with van der Waals surface area (Å²) in [5.41, 5.74) is -6.06. The van der Waals surface area contributed by atoms with Crippen molar-refractivity contribution in [2.24, 2.45) is 7.05 Å². The Kier molecular flexibility index (Phi) is 7.61. The van der Waals surface area contributed by atoms with Crippen LogP contribution in [-0.2, 0) is 19.1 Å². The number of nitriles is 1. The van der Waals surface area contributed by atoms with Crippen molar-refractivity contribution >= 4 is 46.5 Å². The first-order valence-electron chi connectivity index (χ1n) is 10.5. The highest BCUT2D eigenvalue weighted by Crippen LogP contribution is 2.50. The monoisotopic (exact) mass is 588 g/mol. The summed E-state index contributed by atoms with van der Waals surface area (Å²) in [4.78, 5) is 14.4. The molecule has 0 spiro atoms. The van der Waals surface area contributed by atoms with E-state index in [0.717, 1.165) is 24.6 Å². The van der Waals surface area contributed by atoms with Crippen LogP contribution in [0.15, 0.2) is 12.3 Å². The van der Waals surface area contributed by atoms with Gasteiger partial charge < -0.3 is 15.6 Å². The number of thiophene rings is 1. The molecule has 17 heteroatoms. The molecule has 0 radical (unpaired) electrons. The lowest BCUT2D eigenvalue weighted by Crippen LogP contribution is -2.41. The van der Waals surface area contributed by atoms with E-state index in [1.807, 2.05) is 5.32 Å². The zero-order valence-electron chi connectivity index (χ0n) is 19.4. The summed E-state index contributed by atoms with van der Waals surface area (Å²) in [5, 5.41) is 21.8. The smallest absolute Gasteiger partial charge is 0.346 e. The van der Waals surface area contributed by atoms with Crippen molar-refractivity contribution in [3.8, 4) is 6.07 Å². The molecule has 0 saturated heterocycles. The molecule has 3 rings (SSSR count). The number of aromatic nitrogens is 2. The molecule has 38 heavy (non-hydrogen) atoms. The normalized spacial score (nSPS) is 15.7. The van der Waals surface area contributed by atoms with Gasteiger partial charge >= 0.3 is 18.3 Å². The van der Waals surface area contributed by atoms with Crippen LogP contribution in [-0.4, -0.2) is 45.1 Å². The molecule has 7 nitrogen and oxygen atoms in total. The largest absolute Gasteiger partial charge is 0.459 e. The molecule has 0 unspecified atom stereocenters. The van der Waals surface area contributed by atoms with Crippen molar-refractivity contribution in [1.29, 1.82) is 10.7 Å². The Labute approximate surface area is 218 Å². The number of anilines is 1. The highest BCUT2D eigenvalue weighted by molar-refractivity contribution is 7.17. The van der Waals surface area contributed by atoms with Crippen LogP contribution in [0.4, 0.5) is 40.9 Å². The third kappa shape index (κ3) is 5.08. The first-order valence-corrected chi connectivity index (χ1v) is 11.7. The minimum Gasteiger partial charge on any atom is -0.346 e. The van der Waals surface area contributed by atoms with Gasteiger partial charge in [0, 0.05) is 36.5 Å². The number of carbonyl (C=O) groups is 1. The first-order chi connectivity index (χ1) is 17.4. The summed E-state index contributed by atoms with van der Waals surface area (Å²) in [6.07, 6.45) is -9.67. The second-order valence-corrected chi connectivity index (χ2v) is 9.80. The Morgan fingerprint density at radius 1 is 1.32 bits per heavy atom. The van der Waals surface area contributed by atoms with Crippen LogP contribution < -0.4 is 5.32 Å². The number of nitrogens with one attached hydrogen (secondary N) is 2. The summed E-state index contributed by atoms with van der Waals surface area (Å²) in [6, 6.07) is 3.32. The van der Waals surface area contributed by atoms with Crippen molar-refractivity contribution in [2.45, 2.75) is 43.6 Å². The minimum atomic E-state index is -6.35. The molecule has 1 saturated carbocycles. The number of halogens is 9. The second-order valence-electron chi connectivity index (χ2n) is 8.14. The van der Waals surface area contributed by atoms with Crippen LogP contribution in [0.2, 0.25) is 4.34 Å². The average Bonchev–Trinajstić information content (AvgIpc) is 3.37. The van der Waals surface area contributed by atoms with Gasteiger partial charge in [-0.15, -0.1) is 11.3 Å². The Balaban J connectivity index is 2.01. The zero-order valence-corrected chi connectivity index (χ0v) is 20.9. The van der Waals surface area contributed by atoms with Crippen LogP contribution in [0.1, 0.15) is 46.3 Å². The van der Waals surface area contributed by atoms with Gasteiger partial charge in [0.15, 0.2) is 5.69 Å². The predicted molar refractivity (Wildman–Crippen MR) is 122 cm³/mol. The van der Waals surface area contributed by atoms with Crippen LogP contribution in [0.25, 0.3) is 5.57 Å². The van der Waals surface area contributed by atoms with Gasteiger partial charge in [-0.1, -0.05) is 11.6 Å². The number of amides is 1. The molecule has 2 N–H and O–H groups in total. The van der Waals surface area contributed by atoms with Gasteiger partial charge in [0.2, 0.25) is 0 Å². The highest BCUT2D eigenvalue weighted by Gasteiger charge is 2.64. The second kappa shape index (κ2) is 9.84. The van der Waals surface area contributed by atoms with E-state index in [4.69, 9.17) is 17.0 Å². The van der Waals surface area contributed by atoms with Gasteiger partial charge in [0.1, 0.15) is 21.3 Å². The number of hydrogen-bond acceptors (Lipinski definition) is 6. The molecule has 1 aliphatic carbocycles. The van der Waals surface area contributed by atoms with Gasteiger partial charge in [-0.3, -0.25) is 9.48 Å². The first kappa shape index (κ1) is 29.4. The molecule has 0 atom stereocenters. The SMILES string of the molecule is CCN(C(=O)c1cc(/C(C=N)=C/Nc2c(C(F)(F)F)c(C(F)(F)C(F)(F)F)nn2C)sc1Cl)C1(C#N)CC1. The molecule has 2 aromatic heterocycles. The topological polar surface area (TPSA) is 97.8 Å². The average molecular weight is 589 g/mol. The van der Waals surface area contributed by atoms with Crippen LogP contribution in [0, 0.1) is 16.7 Å². The molecule has 1 aliphatic rings. The zero-order chi connectivity index (χ0) is 28.8. The third-order valence-corrected chi connectivity index (χ3v) is 7.12. The fraction of sp³-hybridized carbons (Fsp3) is 0.429. The van der Waals surface area contributed by atoms with Gasteiger partial charge in [-0.25, -0.2) is 0 Å². The van der Waals surface area contributed by atoms with Crippen molar-refractivity contribution in [3.05, 3.63) is 38.3 Å². The minimum absolute atomic E-state index is 0.0357. The van der Waals surface area contributed by atoms with E-state index in [-0.39, 0.29) is 31.6 Å². The van der Waals surface area contributed by atoms with E-state index >= 15 is 0 Å². The van der Waals surface area contributed by atoms with Crippen LogP contribution >= 0.6 is 22.9 Å². The number of aryl methyl sites for hydroxylation is 1. The fourth-order valence-corrected chi connectivity index (χ4v) is 4.89. The maximum absolute atomic E-state index is 13.9. The number of alkyl halides is 8. The maximum atomic E-state index is 13.9. The molecule has 2 heterocycles. The van der Waals surface area contributed by atoms with E-state index in [1.54, 1.807) is 6.92 Å². The van der Waals surface area contributed by atoms with Gasteiger partial charge in [0.25, 0.3) is 5.91 Å². The van der Waals surface area contributed by atoms with Gasteiger partial charge in [-0.2, -0.15) is 45.5 Å². The maximum Gasteiger partial charge on any atom is 0.459 e. The summed E-state index contributed by atoms with van der Waals surface area (Å²) in [7, 11) is 0.729. The van der Waals surface area contributed by atoms with Crippen LogP contribution in [0.3, 0.4) is 0 Å². The van der Waals surface area contributed by atoms with Crippen molar-refractivity contribution in [2.75, 3.05) is 11.9 Å². The lowest BCUT2D eigenvalue weighted by Gasteiger charge is -2.25. The van der Waals surface area contributed by atoms with Gasteiger partial charge in [0.05, 0.1) is 11.6 Å². The molecule has 206 valence electrons. The Hall–Kier alpha value is -3.19. The van der Waals surface area contributed by atoms with E-state index in [9.17, 15) is 45.2 Å². The number of hydrogen-bond donors (Lipinski definition) is 2. The van der Waals surface area contributed by atoms with E-state index in [1.165, 1.54) is 11.0 Å². The quantitative estimate of drug-likeness (QED) is 0.274. The summed E-state index contributed by atoms with van der Waals surface area (Å²) >= 11 is 6.96. The number of nitrogens with zero attached hydrogens (tertiary/aromatic N) is 4. The van der Waals surface area contributed by atoms with Gasteiger partial charge in [-0.05, 0) is 25.8 Å². The molecule has 0 aliphatic heterocycles. The standard InChI is InChI=1S/C21H17ClF8N6OS/c1-3-36(18(9-32)4-5-18)17(37)11-6-12(38-15(11)22)10(7-31)8-33-16-13(20(25,26)27)14(34-35(16)2)19(23,24)21(28,29)30/h6-8,31,33H,3-5H2,1-2H3/b10-8+,31-7?. The molecular weight excluding hydrogens is 572 g/mol. The highest BCUT2D eigenvalue weighted by atomic mass is 35.5. The van der Waals surface area contributed by atoms with Crippen molar-refractivity contribution < 1.29 is 39.9 Å². The van der Waals surface area contributed by atoms with E-state index in [2.05, 4.69) is 11.2 Å². The Morgan fingerprint density at radius 2 is 1.92 bits per heavy atom. The number of rotatable bonds is 8. The number of carbonyl (C=O) groups excluding carboxylic acids is 1. The molecule has 1 amide bonds. The molecule has 1 fully saturated rings. The molecule has 0 aromatic carbocycles. The molecule has 0 bridgehead atoms. The Morgan fingerprint density at radius 3 is 2.37 bits per heavy atom. The van der Waals surface area contributed by atoms with Crippen molar-refractivity contribution in [1.82, 2.24) is 14.7 Å². The summed E-state index contributed by atoms with van der Waals surface area (Å²) < 4.78 is 107. The lowest BCUT2D eigenvalue weighted by atomic mass is 10.1. The van der Waals surface area contributed by atoms with Crippen LogP contribution in [0.5, 0.6) is 0 Å². The molecular formula is C21H17ClF8N6OS. The summed E-state index contributed by atoms with van der Waals surface area (Å²) in [5.74, 6) is -7.73. The Bertz CT molecular complexity index is 1330. The van der Waals surface area contributed by atoms with Crippen molar-refractivity contribution in [3.63, 3.8) is 0 Å². The molecule has 2 aromatic rings. The fourth-order valence-electron chi connectivity index (χ4n) is 3.65. The predicted octanol–water partition coefficient (Wildman–Crippen LogP) is 6.43. The van der Waals surface area contributed by atoms with E-state index in [0.29, 0.717) is 19.1 Å². The third-order valence-electron chi connectivity index (χ3n) is 5.72. The number of allylic oxidation sites excluding steroid dienone is 1. The lowest BCUT2D eigenvalue weighted by molar-refractivity contribution is -0.292.